The number of fused-ring (bicyclic) bond motifs is 3. The van der Waals surface area contributed by atoms with Crippen LogP contribution in [0.15, 0.2) is 42.7 Å². The molecule has 1 aromatic carbocycles. The molecule has 192 valence electrons. The molecular formula is C27H30F6O2. The van der Waals surface area contributed by atoms with Crippen molar-refractivity contribution < 1.29 is 35.8 Å². The smallest absolute Gasteiger partial charge is 0.339 e. The predicted octanol–water partition coefficient (Wildman–Crippen LogP) is 7.99. The summed E-state index contributed by atoms with van der Waals surface area (Å²) in [6, 6.07) is 2.28. The van der Waals surface area contributed by atoms with Crippen molar-refractivity contribution in [2.45, 2.75) is 63.5 Å². The maximum atomic E-state index is 15.3. The molecule has 0 radical (unpaired) electrons. The molecule has 0 amide bonds. The van der Waals surface area contributed by atoms with Crippen LogP contribution in [0.5, 0.6) is 5.75 Å². The Hall–Kier alpha value is -2.38. The van der Waals surface area contributed by atoms with E-state index in [1.165, 1.54) is 6.92 Å². The summed E-state index contributed by atoms with van der Waals surface area (Å²) in [6.07, 6.45) is 7.39. The minimum atomic E-state index is -4.93. The summed E-state index contributed by atoms with van der Waals surface area (Å²) in [5.74, 6) is -14.0. The molecule has 3 aliphatic carbocycles. The Morgan fingerprint density at radius 3 is 2.37 bits per heavy atom. The summed E-state index contributed by atoms with van der Waals surface area (Å²) in [5, 5.41) is 0. The summed E-state index contributed by atoms with van der Waals surface area (Å²) in [7, 11) is 0. The maximum Gasteiger partial charge on any atom is 0.339 e. The lowest BCUT2D eigenvalue weighted by Crippen LogP contribution is -2.53. The van der Waals surface area contributed by atoms with Gasteiger partial charge in [-0.1, -0.05) is 31.1 Å². The average molecular weight is 501 g/mol. The number of allylic oxidation sites excluding steroid dienone is 5. The van der Waals surface area contributed by atoms with E-state index in [1.807, 2.05) is 6.08 Å². The first kappa shape index (κ1) is 25.7. The van der Waals surface area contributed by atoms with Gasteiger partial charge in [0.25, 0.3) is 0 Å². The van der Waals surface area contributed by atoms with Gasteiger partial charge in [-0.25, -0.2) is 8.78 Å². The van der Waals surface area contributed by atoms with Gasteiger partial charge in [0.15, 0.2) is 17.7 Å². The van der Waals surface area contributed by atoms with E-state index in [9.17, 15) is 4.39 Å². The lowest BCUT2D eigenvalue weighted by molar-refractivity contribution is -0.246. The Morgan fingerprint density at radius 1 is 1.03 bits per heavy atom. The molecule has 3 aliphatic rings. The Kier molecular flexibility index (Phi) is 7.30. The number of rotatable bonds is 8. The molecule has 8 heteroatoms. The van der Waals surface area contributed by atoms with Crippen LogP contribution >= 0.6 is 0 Å². The summed E-state index contributed by atoms with van der Waals surface area (Å²) in [5.41, 5.74) is -2.26. The zero-order chi connectivity index (χ0) is 25.4. The number of hydrogen-bond donors (Lipinski definition) is 0. The van der Waals surface area contributed by atoms with Gasteiger partial charge in [-0.15, -0.1) is 6.58 Å². The second-order valence-electron chi connectivity index (χ2n) is 9.56. The van der Waals surface area contributed by atoms with Crippen molar-refractivity contribution in [2.75, 3.05) is 13.2 Å². The highest BCUT2D eigenvalue weighted by Gasteiger charge is 2.70. The average Bonchev–Trinajstić information content (AvgIpc) is 2.82. The van der Waals surface area contributed by atoms with Crippen molar-refractivity contribution in [3.05, 3.63) is 59.6 Å². The first-order valence-corrected chi connectivity index (χ1v) is 12.1. The summed E-state index contributed by atoms with van der Waals surface area (Å²) in [4.78, 5) is 0. The predicted molar refractivity (Wildman–Crippen MR) is 122 cm³/mol. The van der Waals surface area contributed by atoms with Gasteiger partial charge in [0.1, 0.15) is 5.76 Å². The molecule has 0 bridgehead atoms. The first-order valence-electron chi connectivity index (χ1n) is 12.1. The van der Waals surface area contributed by atoms with E-state index in [1.54, 1.807) is 0 Å². The fraction of sp³-hybridized carbons (Fsp3) is 0.556. The quantitative estimate of drug-likeness (QED) is 0.266. The number of hydrogen-bond acceptors (Lipinski definition) is 2. The van der Waals surface area contributed by atoms with Gasteiger partial charge < -0.3 is 9.47 Å². The van der Waals surface area contributed by atoms with E-state index in [2.05, 4.69) is 6.58 Å². The van der Waals surface area contributed by atoms with Gasteiger partial charge in [0.2, 0.25) is 0 Å². The van der Waals surface area contributed by atoms with Crippen molar-refractivity contribution in [3.63, 3.8) is 0 Å². The lowest BCUT2D eigenvalue weighted by atomic mass is 9.70. The number of benzene rings is 1. The molecule has 0 aliphatic heterocycles. The van der Waals surface area contributed by atoms with Crippen LogP contribution in [0.1, 0.15) is 56.6 Å². The molecule has 0 saturated heterocycles. The minimum absolute atomic E-state index is 0.00744. The summed E-state index contributed by atoms with van der Waals surface area (Å²) in [6.45, 7) is 5.37. The van der Waals surface area contributed by atoms with E-state index in [0.717, 1.165) is 62.8 Å². The SMILES string of the molecule is C=CCCC1CCC(COc2ccc3c(c2F)C(F)(F)C(F)(F)C2C3=CC=C(OCC)C2F)CC1. The number of alkyl halides is 5. The lowest BCUT2D eigenvalue weighted by Gasteiger charge is -2.43. The molecular weight excluding hydrogens is 470 g/mol. The zero-order valence-electron chi connectivity index (χ0n) is 19.6. The van der Waals surface area contributed by atoms with Gasteiger partial charge in [0.05, 0.1) is 24.7 Å². The Labute approximate surface area is 201 Å². The fourth-order valence-corrected chi connectivity index (χ4v) is 5.45. The summed E-state index contributed by atoms with van der Waals surface area (Å²) >= 11 is 0. The van der Waals surface area contributed by atoms with E-state index in [0.29, 0.717) is 5.92 Å². The highest BCUT2D eigenvalue weighted by Crippen LogP contribution is 2.61. The highest BCUT2D eigenvalue weighted by atomic mass is 19.3. The maximum absolute atomic E-state index is 15.3. The Bertz CT molecular complexity index is 1010. The molecule has 1 aromatic rings. The molecule has 2 unspecified atom stereocenters. The van der Waals surface area contributed by atoms with Crippen molar-refractivity contribution >= 4 is 5.57 Å². The van der Waals surface area contributed by atoms with Gasteiger partial charge in [-0.3, -0.25) is 0 Å². The molecule has 1 saturated carbocycles. The van der Waals surface area contributed by atoms with Crippen molar-refractivity contribution in [2.24, 2.45) is 17.8 Å². The Morgan fingerprint density at radius 2 is 1.71 bits per heavy atom. The first-order chi connectivity index (χ1) is 16.6. The third kappa shape index (κ3) is 4.49. The zero-order valence-corrected chi connectivity index (χ0v) is 19.6. The molecule has 0 spiro atoms. The number of ether oxygens (including phenoxy) is 2. The fourth-order valence-electron chi connectivity index (χ4n) is 5.45. The van der Waals surface area contributed by atoms with E-state index in [4.69, 9.17) is 9.47 Å². The van der Waals surface area contributed by atoms with Crippen LogP contribution < -0.4 is 4.74 Å². The van der Waals surface area contributed by atoms with Gasteiger partial charge >= 0.3 is 11.8 Å². The van der Waals surface area contributed by atoms with Crippen molar-refractivity contribution in [1.82, 2.24) is 0 Å². The second kappa shape index (κ2) is 9.94. The van der Waals surface area contributed by atoms with Crippen LogP contribution in [0.2, 0.25) is 0 Å². The van der Waals surface area contributed by atoms with Crippen LogP contribution in [-0.2, 0) is 10.7 Å². The van der Waals surface area contributed by atoms with Crippen molar-refractivity contribution in [3.8, 4) is 5.75 Å². The highest BCUT2D eigenvalue weighted by molar-refractivity contribution is 5.78. The largest absolute Gasteiger partial charge is 0.495 e. The molecule has 0 heterocycles. The van der Waals surface area contributed by atoms with Crippen LogP contribution in [0.4, 0.5) is 26.3 Å². The van der Waals surface area contributed by atoms with Gasteiger partial charge in [0, 0.05) is 0 Å². The van der Waals surface area contributed by atoms with E-state index in [-0.39, 0.29) is 24.7 Å². The molecule has 4 rings (SSSR count). The van der Waals surface area contributed by atoms with E-state index < -0.39 is 52.4 Å². The molecule has 0 N–H and O–H groups in total. The van der Waals surface area contributed by atoms with Crippen molar-refractivity contribution in [1.29, 1.82) is 0 Å². The normalized spacial score (nSPS) is 28.8. The molecule has 2 nitrogen and oxygen atoms in total. The topological polar surface area (TPSA) is 18.5 Å². The standard InChI is InChI=1S/C27H30F6O2/c1-3-5-6-16-7-9-17(10-8-16)15-35-21-14-12-19-18-11-13-20(34-4-2)24(28)22(18)26(30,31)27(32,33)23(19)25(21)29/h3,11-14,16-17,22,24H,1,4-10,15H2,2H3. The monoisotopic (exact) mass is 500 g/mol. The van der Waals surface area contributed by atoms with Crippen LogP contribution in [0.3, 0.4) is 0 Å². The molecule has 35 heavy (non-hydrogen) atoms. The third-order valence-corrected chi connectivity index (χ3v) is 7.40. The second-order valence-corrected chi connectivity index (χ2v) is 9.56. The third-order valence-electron chi connectivity index (χ3n) is 7.40. The Balaban J connectivity index is 1.59. The molecule has 0 aromatic heterocycles. The van der Waals surface area contributed by atoms with Gasteiger partial charge in [-0.2, -0.15) is 17.6 Å². The van der Waals surface area contributed by atoms with Crippen LogP contribution in [0, 0.1) is 23.6 Å². The van der Waals surface area contributed by atoms with Crippen LogP contribution in [-0.4, -0.2) is 25.3 Å². The molecule has 1 fully saturated rings. The van der Waals surface area contributed by atoms with E-state index >= 15 is 22.0 Å². The van der Waals surface area contributed by atoms with Crippen LogP contribution in [0.25, 0.3) is 5.57 Å². The minimum Gasteiger partial charge on any atom is -0.495 e. The number of halogens is 6. The summed E-state index contributed by atoms with van der Waals surface area (Å²) < 4.78 is 101. The molecule has 2 atom stereocenters. The van der Waals surface area contributed by atoms with Gasteiger partial charge in [-0.05, 0) is 67.7 Å².